The van der Waals surface area contributed by atoms with Crippen LogP contribution in [0.1, 0.15) is 38.5 Å². The molecule has 1 aliphatic rings. The van der Waals surface area contributed by atoms with Crippen LogP contribution >= 0.6 is 11.8 Å². The van der Waals surface area contributed by atoms with Gasteiger partial charge in [0.05, 0.1) is 7.11 Å². The highest BCUT2D eigenvalue weighted by Gasteiger charge is 2.23. The summed E-state index contributed by atoms with van der Waals surface area (Å²) in [5.74, 6) is 2.31. The molecule has 1 aromatic carbocycles. The molecule has 0 heterocycles. The van der Waals surface area contributed by atoms with Gasteiger partial charge in [-0.1, -0.05) is 19.3 Å². The van der Waals surface area contributed by atoms with E-state index in [0.29, 0.717) is 18.9 Å². The van der Waals surface area contributed by atoms with Gasteiger partial charge in [0.15, 0.2) is 0 Å². The topological polar surface area (TPSA) is 64.3 Å². The van der Waals surface area contributed by atoms with Gasteiger partial charge < -0.3 is 15.8 Å². The molecule has 1 aliphatic carbocycles. The van der Waals surface area contributed by atoms with Crippen LogP contribution in [0.5, 0.6) is 5.75 Å². The zero-order valence-corrected chi connectivity index (χ0v) is 14.7. The fourth-order valence-corrected chi connectivity index (χ4v) is 3.97. The molecule has 0 bridgehead atoms. The Labute approximate surface area is 143 Å². The van der Waals surface area contributed by atoms with E-state index < -0.39 is 0 Å². The monoisotopic (exact) mass is 336 g/mol. The van der Waals surface area contributed by atoms with Crippen molar-refractivity contribution in [3.8, 4) is 5.75 Å². The average Bonchev–Trinajstić information content (AvgIpc) is 2.61. The third kappa shape index (κ3) is 6.07. The molecule has 1 fully saturated rings. The first-order chi connectivity index (χ1) is 11.2. The minimum absolute atomic E-state index is 0.118. The van der Waals surface area contributed by atoms with Crippen LogP contribution < -0.4 is 15.8 Å². The molecular weight excluding hydrogens is 308 g/mol. The fraction of sp³-hybridized carbons (Fsp3) is 0.611. The zero-order chi connectivity index (χ0) is 16.5. The number of carbonyl (C=O) groups is 1. The lowest BCUT2D eigenvalue weighted by Crippen LogP contribution is -2.46. The molecule has 0 radical (unpaired) electrons. The second-order valence-corrected chi connectivity index (χ2v) is 7.25. The van der Waals surface area contributed by atoms with Crippen molar-refractivity contribution < 1.29 is 9.53 Å². The van der Waals surface area contributed by atoms with Gasteiger partial charge in [-0.3, -0.25) is 4.79 Å². The minimum atomic E-state index is 0.118. The van der Waals surface area contributed by atoms with E-state index in [9.17, 15) is 4.79 Å². The quantitative estimate of drug-likeness (QED) is 0.716. The minimum Gasteiger partial charge on any atom is -0.497 e. The summed E-state index contributed by atoms with van der Waals surface area (Å²) in [6.07, 6.45) is 6.78. The van der Waals surface area contributed by atoms with Gasteiger partial charge >= 0.3 is 0 Å². The van der Waals surface area contributed by atoms with Gasteiger partial charge in [-0.2, -0.15) is 0 Å². The van der Waals surface area contributed by atoms with Crippen LogP contribution in [0.15, 0.2) is 29.2 Å². The van der Waals surface area contributed by atoms with E-state index in [-0.39, 0.29) is 11.9 Å². The van der Waals surface area contributed by atoms with Crippen LogP contribution in [0.2, 0.25) is 0 Å². The number of rotatable bonds is 8. The number of carbonyl (C=O) groups excluding carboxylic acids is 1. The molecule has 2 rings (SSSR count). The first-order valence-electron chi connectivity index (χ1n) is 8.49. The molecule has 0 aromatic heterocycles. The predicted molar refractivity (Wildman–Crippen MR) is 95.9 cm³/mol. The average molecular weight is 337 g/mol. The number of hydrogen-bond donors (Lipinski definition) is 2. The molecule has 0 aliphatic heterocycles. The first kappa shape index (κ1) is 18.1. The molecule has 3 N–H and O–H groups in total. The van der Waals surface area contributed by atoms with E-state index in [4.69, 9.17) is 10.5 Å². The van der Waals surface area contributed by atoms with Crippen LogP contribution in [0.3, 0.4) is 0 Å². The van der Waals surface area contributed by atoms with E-state index in [0.717, 1.165) is 16.4 Å². The highest BCUT2D eigenvalue weighted by atomic mass is 32.2. The fourth-order valence-electron chi connectivity index (χ4n) is 3.12. The van der Waals surface area contributed by atoms with Crippen molar-refractivity contribution in [1.29, 1.82) is 0 Å². The van der Waals surface area contributed by atoms with Gasteiger partial charge in [0.2, 0.25) is 5.91 Å². The Morgan fingerprint density at radius 1 is 1.30 bits per heavy atom. The third-order valence-electron chi connectivity index (χ3n) is 4.48. The van der Waals surface area contributed by atoms with Crippen molar-refractivity contribution in [2.24, 2.45) is 11.7 Å². The van der Waals surface area contributed by atoms with Crippen LogP contribution in [-0.4, -0.2) is 31.4 Å². The van der Waals surface area contributed by atoms with Crippen LogP contribution in [0.4, 0.5) is 0 Å². The van der Waals surface area contributed by atoms with Gasteiger partial charge in [-0.25, -0.2) is 0 Å². The molecule has 5 heteroatoms. The molecule has 128 valence electrons. The Kier molecular flexibility index (Phi) is 7.76. The summed E-state index contributed by atoms with van der Waals surface area (Å²) in [7, 11) is 1.66. The van der Waals surface area contributed by atoms with Gasteiger partial charge in [-0.15, -0.1) is 11.8 Å². The van der Waals surface area contributed by atoms with Crippen molar-refractivity contribution in [2.75, 3.05) is 19.4 Å². The molecule has 0 spiro atoms. The lowest BCUT2D eigenvalue weighted by Gasteiger charge is -2.30. The molecule has 1 aromatic rings. The highest BCUT2D eigenvalue weighted by molar-refractivity contribution is 7.99. The summed E-state index contributed by atoms with van der Waals surface area (Å²) in [6, 6.07) is 8.07. The van der Waals surface area contributed by atoms with E-state index in [1.54, 1.807) is 18.9 Å². The molecule has 1 saturated carbocycles. The predicted octanol–water partition coefficient (Wildman–Crippen LogP) is 3.20. The number of thioether (sulfide) groups is 1. The Morgan fingerprint density at radius 2 is 2.00 bits per heavy atom. The number of hydrogen-bond acceptors (Lipinski definition) is 4. The molecular formula is C18H28N2O2S. The number of benzene rings is 1. The van der Waals surface area contributed by atoms with Crippen molar-refractivity contribution in [2.45, 2.75) is 49.5 Å². The second kappa shape index (κ2) is 9.83. The maximum atomic E-state index is 12.1. The molecule has 1 atom stereocenters. The third-order valence-corrected chi connectivity index (χ3v) is 5.49. The number of amides is 1. The number of methoxy groups -OCH3 is 1. The van der Waals surface area contributed by atoms with E-state index >= 15 is 0 Å². The standard InChI is InChI=1S/C18H28N2O2S/c1-22-15-7-9-16(10-8-15)23-12-11-18(21)20-17(13-19)14-5-3-2-4-6-14/h7-10,14,17H,2-6,11-13,19H2,1H3,(H,20,21). The Morgan fingerprint density at radius 3 is 2.61 bits per heavy atom. The highest BCUT2D eigenvalue weighted by Crippen LogP contribution is 2.26. The normalized spacial score (nSPS) is 16.8. The number of ether oxygens (including phenoxy) is 1. The van der Waals surface area contributed by atoms with Gasteiger partial charge in [-0.05, 0) is 43.0 Å². The Balaban J connectivity index is 1.70. The lowest BCUT2D eigenvalue weighted by atomic mass is 9.84. The second-order valence-electron chi connectivity index (χ2n) is 6.08. The molecule has 1 unspecified atom stereocenters. The molecule has 0 saturated heterocycles. The van der Waals surface area contributed by atoms with Crippen molar-refractivity contribution >= 4 is 17.7 Å². The van der Waals surface area contributed by atoms with E-state index in [1.165, 1.54) is 32.1 Å². The number of nitrogens with two attached hydrogens (primary N) is 1. The van der Waals surface area contributed by atoms with Crippen molar-refractivity contribution in [3.63, 3.8) is 0 Å². The maximum Gasteiger partial charge on any atom is 0.221 e. The molecule has 23 heavy (non-hydrogen) atoms. The lowest BCUT2D eigenvalue weighted by molar-refractivity contribution is -0.121. The SMILES string of the molecule is COc1ccc(SCCC(=O)NC(CN)C2CCCCC2)cc1. The van der Waals surface area contributed by atoms with Crippen LogP contribution in [0, 0.1) is 5.92 Å². The zero-order valence-electron chi connectivity index (χ0n) is 13.9. The first-order valence-corrected chi connectivity index (χ1v) is 9.47. The summed E-state index contributed by atoms with van der Waals surface area (Å²) in [6.45, 7) is 0.544. The van der Waals surface area contributed by atoms with E-state index in [2.05, 4.69) is 5.32 Å². The van der Waals surface area contributed by atoms with Crippen LogP contribution in [0.25, 0.3) is 0 Å². The van der Waals surface area contributed by atoms with Crippen LogP contribution in [-0.2, 0) is 4.79 Å². The molecule has 4 nitrogen and oxygen atoms in total. The Bertz CT molecular complexity index is 472. The van der Waals surface area contributed by atoms with Gasteiger partial charge in [0, 0.05) is 29.7 Å². The smallest absolute Gasteiger partial charge is 0.221 e. The van der Waals surface area contributed by atoms with Gasteiger partial charge in [0.25, 0.3) is 0 Å². The largest absolute Gasteiger partial charge is 0.497 e. The summed E-state index contributed by atoms with van der Waals surface area (Å²) < 4.78 is 5.14. The maximum absolute atomic E-state index is 12.1. The van der Waals surface area contributed by atoms with Crippen molar-refractivity contribution in [1.82, 2.24) is 5.32 Å². The number of nitrogens with one attached hydrogen (secondary N) is 1. The van der Waals surface area contributed by atoms with Crippen molar-refractivity contribution in [3.05, 3.63) is 24.3 Å². The molecule has 1 amide bonds. The summed E-state index contributed by atoms with van der Waals surface area (Å²) >= 11 is 1.69. The summed E-state index contributed by atoms with van der Waals surface area (Å²) in [4.78, 5) is 13.3. The van der Waals surface area contributed by atoms with Gasteiger partial charge in [0.1, 0.15) is 5.75 Å². The van der Waals surface area contributed by atoms with E-state index in [1.807, 2.05) is 24.3 Å². The Hall–Kier alpha value is -1.20. The summed E-state index contributed by atoms with van der Waals surface area (Å²) in [5, 5.41) is 3.14. The summed E-state index contributed by atoms with van der Waals surface area (Å²) in [5.41, 5.74) is 5.87.